The fourth-order valence-electron chi connectivity index (χ4n) is 3.02. The molecule has 0 saturated carbocycles. The van der Waals surface area contributed by atoms with E-state index in [1.165, 1.54) is 11.8 Å². The van der Waals surface area contributed by atoms with Crippen molar-refractivity contribution in [3.05, 3.63) is 29.6 Å². The van der Waals surface area contributed by atoms with Crippen LogP contribution in [0.1, 0.15) is 19.8 Å². The maximum Gasteiger partial charge on any atom is 0.250 e. The fraction of sp³-hybridized carbons (Fsp3) is 0.429. The average molecular weight is 298 g/mol. The number of hydrogen-bond donors (Lipinski definition) is 0. The molecule has 2 heterocycles. The molecule has 3 rings (SSSR count). The molecule has 2 aliphatic heterocycles. The Morgan fingerprint density at radius 2 is 1.71 bits per heavy atom. The van der Waals surface area contributed by atoms with E-state index in [9.17, 15) is 22.8 Å². The van der Waals surface area contributed by atoms with Crippen LogP contribution in [-0.4, -0.2) is 35.3 Å². The van der Waals surface area contributed by atoms with E-state index in [0.29, 0.717) is 13.0 Å². The molecule has 21 heavy (non-hydrogen) atoms. The normalized spacial score (nSPS) is 25.5. The van der Waals surface area contributed by atoms with Crippen molar-refractivity contribution >= 4 is 17.5 Å². The van der Waals surface area contributed by atoms with Crippen LogP contribution in [0.2, 0.25) is 0 Å². The van der Waals surface area contributed by atoms with E-state index in [-0.39, 0.29) is 17.5 Å². The first kappa shape index (κ1) is 13.9. The highest BCUT2D eigenvalue weighted by atomic mass is 19.2. The van der Waals surface area contributed by atoms with Gasteiger partial charge in [-0.25, -0.2) is 13.2 Å². The second-order valence-electron chi connectivity index (χ2n) is 5.30. The van der Waals surface area contributed by atoms with Crippen LogP contribution in [0.5, 0.6) is 0 Å². The number of amides is 2. The Morgan fingerprint density at radius 1 is 1.10 bits per heavy atom. The Bertz CT molecular complexity index is 612. The van der Waals surface area contributed by atoms with E-state index in [1.54, 1.807) is 0 Å². The Kier molecular flexibility index (Phi) is 3.15. The number of halogens is 3. The first-order valence-corrected chi connectivity index (χ1v) is 6.70. The molecule has 0 aliphatic carbocycles. The summed E-state index contributed by atoms with van der Waals surface area (Å²) in [6, 6.07) is 0.0241. The molecule has 7 heteroatoms. The molecule has 0 spiro atoms. The van der Waals surface area contributed by atoms with Gasteiger partial charge in [0.25, 0.3) is 5.91 Å². The number of nitrogens with zero attached hydrogens (tertiary/aromatic N) is 2. The van der Waals surface area contributed by atoms with Crippen molar-refractivity contribution in [3.8, 4) is 0 Å². The predicted octanol–water partition coefficient (Wildman–Crippen LogP) is 1.83. The minimum atomic E-state index is -1.59. The van der Waals surface area contributed by atoms with Crippen LogP contribution in [0.3, 0.4) is 0 Å². The Balaban J connectivity index is 2.04. The highest BCUT2D eigenvalue weighted by molar-refractivity contribution is 6.08. The smallest absolute Gasteiger partial charge is 0.250 e. The molecule has 2 aliphatic rings. The molecule has 0 N–H and O–H groups in total. The molecule has 4 nitrogen and oxygen atoms in total. The minimum absolute atomic E-state index is 0.135. The molecule has 0 aromatic heterocycles. The Labute approximate surface area is 119 Å². The molecule has 2 unspecified atom stereocenters. The summed E-state index contributed by atoms with van der Waals surface area (Å²) in [4.78, 5) is 27.3. The van der Waals surface area contributed by atoms with Gasteiger partial charge in [-0.1, -0.05) is 0 Å². The van der Waals surface area contributed by atoms with Gasteiger partial charge in [-0.2, -0.15) is 0 Å². The summed E-state index contributed by atoms with van der Waals surface area (Å²) >= 11 is 0. The average Bonchev–Trinajstić information content (AvgIpc) is 2.92. The summed E-state index contributed by atoms with van der Waals surface area (Å²) in [5, 5.41) is 0. The van der Waals surface area contributed by atoms with Crippen molar-refractivity contribution in [2.75, 3.05) is 11.4 Å². The number of benzene rings is 1. The van der Waals surface area contributed by atoms with Gasteiger partial charge in [0.05, 0.1) is 5.69 Å². The summed E-state index contributed by atoms with van der Waals surface area (Å²) in [7, 11) is 0. The summed E-state index contributed by atoms with van der Waals surface area (Å²) in [6.45, 7) is 2.01. The van der Waals surface area contributed by atoms with Crippen LogP contribution in [0, 0.1) is 17.5 Å². The number of rotatable bonds is 1. The number of carbonyl (C=O) groups excluding carboxylic acids is 2. The molecule has 1 aromatic rings. The van der Waals surface area contributed by atoms with Gasteiger partial charge in [0, 0.05) is 18.7 Å². The summed E-state index contributed by atoms with van der Waals surface area (Å²) in [5.41, 5.74) is -0.135. The third-order valence-electron chi connectivity index (χ3n) is 4.05. The Morgan fingerprint density at radius 3 is 2.33 bits per heavy atom. The first-order valence-electron chi connectivity index (χ1n) is 6.70. The second kappa shape index (κ2) is 4.75. The van der Waals surface area contributed by atoms with E-state index >= 15 is 0 Å². The maximum atomic E-state index is 13.4. The van der Waals surface area contributed by atoms with Gasteiger partial charge < -0.3 is 4.90 Å². The van der Waals surface area contributed by atoms with Crippen LogP contribution in [-0.2, 0) is 9.59 Å². The SMILES string of the molecule is CC1C(=O)N2CCCC2C(=O)N1c1cc(F)c(F)c(F)c1. The number of anilines is 1. The number of carbonyl (C=O) groups is 2. The van der Waals surface area contributed by atoms with E-state index in [2.05, 4.69) is 0 Å². The van der Waals surface area contributed by atoms with Crippen LogP contribution in [0.4, 0.5) is 18.9 Å². The molecule has 0 radical (unpaired) electrons. The lowest BCUT2D eigenvalue weighted by Gasteiger charge is -2.40. The van der Waals surface area contributed by atoms with E-state index < -0.39 is 29.5 Å². The maximum absolute atomic E-state index is 13.4. The highest BCUT2D eigenvalue weighted by Crippen LogP contribution is 2.31. The van der Waals surface area contributed by atoms with Gasteiger partial charge in [-0.05, 0) is 19.8 Å². The Hall–Kier alpha value is -2.05. The van der Waals surface area contributed by atoms with Crippen molar-refractivity contribution in [2.45, 2.75) is 31.8 Å². The summed E-state index contributed by atoms with van der Waals surface area (Å²) in [5.74, 6) is -5.01. The quantitative estimate of drug-likeness (QED) is 0.742. The lowest BCUT2D eigenvalue weighted by molar-refractivity contribution is -0.143. The minimum Gasteiger partial charge on any atom is -0.329 e. The van der Waals surface area contributed by atoms with E-state index in [4.69, 9.17) is 0 Å². The fourth-order valence-corrected chi connectivity index (χ4v) is 3.02. The molecule has 2 saturated heterocycles. The molecular weight excluding hydrogens is 285 g/mol. The molecule has 2 amide bonds. The number of hydrogen-bond acceptors (Lipinski definition) is 2. The van der Waals surface area contributed by atoms with Gasteiger partial charge in [-0.3, -0.25) is 14.5 Å². The molecular formula is C14H13F3N2O2. The molecule has 2 fully saturated rings. The van der Waals surface area contributed by atoms with Crippen molar-refractivity contribution in [1.29, 1.82) is 0 Å². The topological polar surface area (TPSA) is 40.6 Å². The predicted molar refractivity (Wildman–Crippen MR) is 68.0 cm³/mol. The van der Waals surface area contributed by atoms with Gasteiger partial charge >= 0.3 is 0 Å². The van der Waals surface area contributed by atoms with Gasteiger partial charge in [0.15, 0.2) is 17.5 Å². The summed E-state index contributed by atoms with van der Waals surface area (Å²) < 4.78 is 39.8. The van der Waals surface area contributed by atoms with Crippen molar-refractivity contribution < 1.29 is 22.8 Å². The monoisotopic (exact) mass is 298 g/mol. The highest BCUT2D eigenvalue weighted by Gasteiger charge is 2.46. The zero-order valence-corrected chi connectivity index (χ0v) is 11.3. The van der Waals surface area contributed by atoms with Crippen molar-refractivity contribution in [1.82, 2.24) is 4.90 Å². The van der Waals surface area contributed by atoms with Crippen molar-refractivity contribution in [3.63, 3.8) is 0 Å². The van der Waals surface area contributed by atoms with Gasteiger partial charge in [0.2, 0.25) is 5.91 Å². The zero-order chi connectivity index (χ0) is 15.3. The third-order valence-corrected chi connectivity index (χ3v) is 4.05. The molecule has 2 atom stereocenters. The largest absolute Gasteiger partial charge is 0.329 e. The van der Waals surface area contributed by atoms with E-state index in [1.807, 2.05) is 0 Å². The van der Waals surface area contributed by atoms with Crippen LogP contribution in [0.25, 0.3) is 0 Å². The molecule has 1 aromatic carbocycles. The van der Waals surface area contributed by atoms with Gasteiger partial charge in [-0.15, -0.1) is 0 Å². The van der Waals surface area contributed by atoms with Crippen molar-refractivity contribution in [2.24, 2.45) is 0 Å². The summed E-state index contributed by atoms with van der Waals surface area (Å²) in [6.07, 6.45) is 1.24. The van der Waals surface area contributed by atoms with Crippen LogP contribution in [0.15, 0.2) is 12.1 Å². The van der Waals surface area contributed by atoms with Gasteiger partial charge in [0.1, 0.15) is 12.1 Å². The van der Waals surface area contributed by atoms with Crippen LogP contribution < -0.4 is 4.90 Å². The lowest BCUT2D eigenvalue weighted by atomic mass is 10.0. The van der Waals surface area contributed by atoms with Crippen LogP contribution >= 0.6 is 0 Å². The number of fused-ring (bicyclic) bond motifs is 1. The molecule has 0 bridgehead atoms. The standard InChI is InChI=1S/C14H13F3N2O2/c1-7-13(20)18-4-2-3-11(18)14(21)19(7)8-5-9(15)12(17)10(16)6-8/h5-7,11H,2-4H2,1H3. The third kappa shape index (κ3) is 1.99. The zero-order valence-electron chi connectivity index (χ0n) is 11.3. The lowest BCUT2D eigenvalue weighted by Crippen LogP contribution is -2.62. The first-order chi connectivity index (χ1) is 9.91. The molecule has 112 valence electrons. The second-order valence-corrected chi connectivity index (χ2v) is 5.30. The number of piperazine rings is 1. The van der Waals surface area contributed by atoms with E-state index in [0.717, 1.165) is 23.5 Å².